The molecule has 0 fully saturated rings. The lowest BCUT2D eigenvalue weighted by atomic mass is 10.1. The lowest BCUT2D eigenvalue weighted by Crippen LogP contribution is -2.03. The van der Waals surface area contributed by atoms with Gasteiger partial charge >= 0.3 is 0 Å². The minimum Gasteiger partial charge on any atom is -0.385 e. The van der Waals surface area contributed by atoms with Crippen molar-refractivity contribution in [3.63, 3.8) is 0 Å². The number of anilines is 1. The molecule has 18 heavy (non-hydrogen) atoms. The van der Waals surface area contributed by atoms with E-state index in [1.165, 1.54) is 5.56 Å². The number of pyridine rings is 1. The summed E-state index contributed by atoms with van der Waals surface area (Å²) in [6.07, 6.45) is 3.77. The fourth-order valence-corrected chi connectivity index (χ4v) is 1.77. The molecule has 0 spiro atoms. The Labute approximate surface area is 107 Å². The number of nitrogens with zero attached hydrogens (tertiary/aromatic N) is 2. The second-order valence-electron chi connectivity index (χ2n) is 4.06. The molecule has 0 bridgehead atoms. The molecule has 0 aliphatic heterocycles. The highest BCUT2D eigenvalue weighted by atomic mass is 14.9. The number of hydrogen-bond donors (Lipinski definition) is 1. The van der Waals surface area contributed by atoms with Crippen LogP contribution in [-0.4, -0.2) is 11.5 Å². The Morgan fingerprint density at radius 3 is 2.78 bits per heavy atom. The molecule has 0 unspecified atom stereocenters. The van der Waals surface area contributed by atoms with Gasteiger partial charge < -0.3 is 5.32 Å². The van der Waals surface area contributed by atoms with Crippen LogP contribution < -0.4 is 5.32 Å². The van der Waals surface area contributed by atoms with Crippen molar-refractivity contribution in [2.45, 2.75) is 12.8 Å². The Hall–Kier alpha value is -2.34. The fourth-order valence-electron chi connectivity index (χ4n) is 1.77. The van der Waals surface area contributed by atoms with Crippen LogP contribution in [0.2, 0.25) is 0 Å². The van der Waals surface area contributed by atoms with Crippen molar-refractivity contribution in [3.8, 4) is 6.07 Å². The van der Waals surface area contributed by atoms with E-state index in [1.54, 1.807) is 12.3 Å². The highest BCUT2D eigenvalue weighted by molar-refractivity contribution is 5.45. The minimum atomic E-state index is 0.447. The molecule has 0 aliphatic carbocycles. The second kappa shape index (κ2) is 6.41. The monoisotopic (exact) mass is 237 g/mol. The molecular formula is C15H15N3. The molecule has 0 amide bonds. The van der Waals surface area contributed by atoms with E-state index in [4.69, 9.17) is 5.26 Å². The molecule has 1 N–H and O–H groups in total. The topological polar surface area (TPSA) is 48.7 Å². The fraction of sp³-hybridized carbons (Fsp3) is 0.200. The third-order valence-electron chi connectivity index (χ3n) is 2.69. The van der Waals surface area contributed by atoms with Crippen molar-refractivity contribution in [1.29, 1.82) is 5.26 Å². The maximum atomic E-state index is 8.74. The van der Waals surface area contributed by atoms with Crippen LogP contribution in [0.25, 0.3) is 0 Å². The van der Waals surface area contributed by atoms with Crippen LogP contribution in [0, 0.1) is 11.3 Å². The largest absolute Gasteiger partial charge is 0.385 e. The summed E-state index contributed by atoms with van der Waals surface area (Å²) in [5.41, 5.74) is 2.75. The third-order valence-corrected chi connectivity index (χ3v) is 2.69. The molecule has 0 aliphatic rings. The van der Waals surface area contributed by atoms with Gasteiger partial charge in [-0.15, -0.1) is 0 Å². The van der Waals surface area contributed by atoms with Crippen molar-refractivity contribution < 1.29 is 0 Å². The minimum absolute atomic E-state index is 0.447. The van der Waals surface area contributed by atoms with Gasteiger partial charge in [-0.25, -0.2) is 4.98 Å². The molecule has 1 aromatic heterocycles. The van der Waals surface area contributed by atoms with E-state index in [0.717, 1.165) is 25.1 Å². The highest BCUT2D eigenvalue weighted by Crippen LogP contribution is 2.08. The SMILES string of the molecule is N#Cc1cc(NCCCc2ccccc2)ccn1. The van der Waals surface area contributed by atoms with E-state index in [2.05, 4.69) is 34.6 Å². The molecule has 0 radical (unpaired) electrons. The van der Waals surface area contributed by atoms with Gasteiger partial charge in [-0.1, -0.05) is 30.3 Å². The molecule has 3 nitrogen and oxygen atoms in total. The average Bonchev–Trinajstić information content (AvgIpc) is 2.45. The van der Waals surface area contributed by atoms with E-state index in [0.29, 0.717) is 5.69 Å². The van der Waals surface area contributed by atoms with Gasteiger partial charge in [-0.2, -0.15) is 5.26 Å². The van der Waals surface area contributed by atoms with Crippen LogP contribution in [0.3, 0.4) is 0 Å². The third kappa shape index (κ3) is 3.60. The summed E-state index contributed by atoms with van der Waals surface area (Å²) >= 11 is 0. The molecule has 0 saturated heterocycles. The Bertz CT molecular complexity index is 529. The molecular weight excluding hydrogens is 222 g/mol. The van der Waals surface area contributed by atoms with Crippen LogP contribution in [0.15, 0.2) is 48.7 Å². The van der Waals surface area contributed by atoms with E-state index < -0.39 is 0 Å². The first-order valence-electron chi connectivity index (χ1n) is 6.02. The summed E-state index contributed by atoms with van der Waals surface area (Å²) in [5, 5.41) is 12.0. The Balaban J connectivity index is 1.77. The predicted molar refractivity (Wildman–Crippen MR) is 72.2 cm³/mol. The van der Waals surface area contributed by atoms with Crippen LogP contribution in [-0.2, 0) is 6.42 Å². The van der Waals surface area contributed by atoms with Crippen LogP contribution in [0.4, 0.5) is 5.69 Å². The van der Waals surface area contributed by atoms with Gasteiger partial charge in [0, 0.05) is 18.4 Å². The van der Waals surface area contributed by atoms with E-state index >= 15 is 0 Å². The lowest BCUT2D eigenvalue weighted by molar-refractivity contribution is 0.863. The van der Waals surface area contributed by atoms with Crippen molar-refractivity contribution in [2.75, 3.05) is 11.9 Å². The Morgan fingerprint density at radius 1 is 1.17 bits per heavy atom. The van der Waals surface area contributed by atoms with Gasteiger partial charge in [0.15, 0.2) is 0 Å². The first-order chi connectivity index (χ1) is 8.88. The normalized spacial score (nSPS) is 9.72. The quantitative estimate of drug-likeness (QED) is 0.813. The van der Waals surface area contributed by atoms with Gasteiger partial charge in [0.2, 0.25) is 0 Å². The molecule has 2 rings (SSSR count). The number of nitriles is 1. The van der Waals surface area contributed by atoms with E-state index in [9.17, 15) is 0 Å². The zero-order valence-corrected chi connectivity index (χ0v) is 10.1. The zero-order chi connectivity index (χ0) is 12.6. The Morgan fingerprint density at radius 2 is 2.00 bits per heavy atom. The molecule has 1 heterocycles. The second-order valence-corrected chi connectivity index (χ2v) is 4.06. The summed E-state index contributed by atoms with van der Waals surface area (Å²) in [5.74, 6) is 0. The number of aromatic nitrogens is 1. The lowest BCUT2D eigenvalue weighted by Gasteiger charge is -2.06. The van der Waals surface area contributed by atoms with Crippen LogP contribution in [0.1, 0.15) is 17.7 Å². The van der Waals surface area contributed by atoms with Gasteiger partial charge in [-0.3, -0.25) is 0 Å². The summed E-state index contributed by atoms with van der Waals surface area (Å²) in [6.45, 7) is 0.893. The number of rotatable bonds is 5. The molecule has 0 saturated carbocycles. The van der Waals surface area contributed by atoms with Crippen LogP contribution in [0.5, 0.6) is 0 Å². The Kier molecular flexibility index (Phi) is 4.32. The summed E-state index contributed by atoms with van der Waals surface area (Å²) < 4.78 is 0. The average molecular weight is 237 g/mol. The van der Waals surface area contributed by atoms with Crippen LogP contribution >= 0.6 is 0 Å². The maximum Gasteiger partial charge on any atom is 0.142 e. The number of aryl methyl sites for hydroxylation is 1. The molecule has 90 valence electrons. The molecule has 0 atom stereocenters. The molecule has 1 aromatic carbocycles. The summed E-state index contributed by atoms with van der Waals surface area (Å²) in [4.78, 5) is 3.93. The van der Waals surface area contributed by atoms with Gasteiger partial charge in [-0.05, 0) is 30.5 Å². The van der Waals surface area contributed by atoms with Crippen molar-refractivity contribution in [1.82, 2.24) is 4.98 Å². The van der Waals surface area contributed by atoms with Gasteiger partial charge in [0.1, 0.15) is 11.8 Å². The van der Waals surface area contributed by atoms with E-state index in [-0.39, 0.29) is 0 Å². The maximum absolute atomic E-state index is 8.74. The predicted octanol–water partition coefficient (Wildman–Crippen LogP) is 3.00. The standard InChI is InChI=1S/C15H15N3/c16-12-15-11-14(8-10-18-15)17-9-4-7-13-5-2-1-3-6-13/h1-3,5-6,8,10-11H,4,7,9H2,(H,17,18). The van der Waals surface area contributed by atoms with Gasteiger partial charge in [0.05, 0.1) is 0 Å². The van der Waals surface area contributed by atoms with Crippen molar-refractivity contribution in [2.24, 2.45) is 0 Å². The van der Waals surface area contributed by atoms with Crippen molar-refractivity contribution in [3.05, 3.63) is 59.9 Å². The van der Waals surface area contributed by atoms with Gasteiger partial charge in [0.25, 0.3) is 0 Å². The summed E-state index contributed by atoms with van der Waals surface area (Å²) in [7, 11) is 0. The molecule has 2 aromatic rings. The zero-order valence-electron chi connectivity index (χ0n) is 10.1. The first kappa shape index (κ1) is 12.1. The molecule has 3 heteroatoms. The number of nitrogens with one attached hydrogen (secondary N) is 1. The van der Waals surface area contributed by atoms with Crippen molar-refractivity contribution >= 4 is 5.69 Å². The van der Waals surface area contributed by atoms with E-state index in [1.807, 2.05) is 18.2 Å². The first-order valence-corrected chi connectivity index (χ1v) is 6.02. The smallest absolute Gasteiger partial charge is 0.142 e. The number of benzene rings is 1. The highest BCUT2D eigenvalue weighted by Gasteiger charge is 1.96. The number of hydrogen-bond acceptors (Lipinski definition) is 3. The summed E-state index contributed by atoms with van der Waals surface area (Å²) in [6, 6.07) is 16.1.